The number of rotatable bonds is 3. The van der Waals surface area contributed by atoms with Crippen molar-refractivity contribution < 1.29 is 4.79 Å². The summed E-state index contributed by atoms with van der Waals surface area (Å²) in [7, 11) is 0. The third-order valence-corrected chi connectivity index (χ3v) is 4.06. The quantitative estimate of drug-likeness (QED) is 0.644. The van der Waals surface area contributed by atoms with Crippen LogP contribution in [0.25, 0.3) is 16.8 Å². The lowest BCUT2D eigenvalue weighted by molar-refractivity contribution is -0.110. The molecular formula is C19H16N4O. The fourth-order valence-electron chi connectivity index (χ4n) is 2.88. The molecule has 0 atom stereocenters. The topological polar surface area (TPSA) is 69.8 Å². The summed E-state index contributed by atoms with van der Waals surface area (Å²) in [6, 6.07) is 17.7. The Labute approximate surface area is 139 Å². The van der Waals surface area contributed by atoms with Gasteiger partial charge in [-0.25, -0.2) is 0 Å². The number of carbonyl (C=O) groups is 1. The highest BCUT2D eigenvalue weighted by molar-refractivity contribution is 6.32. The molecule has 2 heterocycles. The number of nitrogens with zero attached hydrogens (tertiary/aromatic N) is 1. The van der Waals surface area contributed by atoms with Crippen molar-refractivity contribution in [2.24, 2.45) is 0 Å². The van der Waals surface area contributed by atoms with Crippen LogP contribution in [0.1, 0.15) is 11.1 Å². The lowest BCUT2D eigenvalue weighted by atomic mass is 10.0. The number of amides is 1. The van der Waals surface area contributed by atoms with Gasteiger partial charge < -0.3 is 10.6 Å². The highest BCUT2D eigenvalue weighted by atomic mass is 16.2. The smallest absolute Gasteiger partial charge is 0.257 e. The predicted octanol–water partition coefficient (Wildman–Crippen LogP) is 3.79. The molecule has 1 amide bonds. The summed E-state index contributed by atoms with van der Waals surface area (Å²) in [6.45, 7) is 2.00. The molecule has 0 radical (unpaired) electrons. The molecule has 5 nitrogen and oxygen atoms in total. The summed E-state index contributed by atoms with van der Waals surface area (Å²) in [5.74, 6) is 0.557. The Kier molecular flexibility index (Phi) is 3.39. The van der Waals surface area contributed by atoms with Crippen LogP contribution in [-0.4, -0.2) is 16.1 Å². The van der Waals surface area contributed by atoms with Gasteiger partial charge in [0.25, 0.3) is 5.91 Å². The first kappa shape index (κ1) is 14.3. The van der Waals surface area contributed by atoms with Crippen molar-refractivity contribution in [3.05, 3.63) is 71.9 Å². The fourth-order valence-corrected chi connectivity index (χ4v) is 2.88. The Hall–Kier alpha value is -3.34. The van der Waals surface area contributed by atoms with E-state index in [9.17, 15) is 4.79 Å². The van der Waals surface area contributed by atoms with Crippen LogP contribution in [0.5, 0.6) is 0 Å². The Morgan fingerprint density at radius 1 is 1.08 bits per heavy atom. The zero-order valence-electron chi connectivity index (χ0n) is 13.1. The molecule has 5 heteroatoms. The zero-order chi connectivity index (χ0) is 16.5. The van der Waals surface area contributed by atoms with Crippen LogP contribution in [-0.2, 0) is 4.79 Å². The second kappa shape index (κ2) is 5.70. The normalized spacial score (nSPS) is 14.5. The average molecular weight is 316 g/mol. The van der Waals surface area contributed by atoms with Gasteiger partial charge in [-0.05, 0) is 24.1 Å². The van der Waals surface area contributed by atoms with E-state index in [1.54, 1.807) is 6.20 Å². The summed E-state index contributed by atoms with van der Waals surface area (Å²) in [6.07, 6.45) is 1.71. The van der Waals surface area contributed by atoms with Gasteiger partial charge >= 0.3 is 0 Å². The second-order valence-electron chi connectivity index (χ2n) is 5.69. The Bertz CT molecular complexity index is 941. The molecule has 0 bridgehead atoms. The first-order valence-electron chi connectivity index (χ1n) is 7.71. The van der Waals surface area contributed by atoms with Crippen LogP contribution in [0.3, 0.4) is 0 Å². The van der Waals surface area contributed by atoms with Crippen LogP contribution >= 0.6 is 0 Å². The van der Waals surface area contributed by atoms with Gasteiger partial charge in [-0.3, -0.25) is 9.89 Å². The van der Waals surface area contributed by atoms with E-state index in [-0.39, 0.29) is 5.91 Å². The molecule has 1 aliphatic rings. The second-order valence-corrected chi connectivity index (χ2v) is 5.69. The molecule has 0 saturated carbocycles. The monoisotopic (exact) mass is 316 g/mol. The number of benzene rings is 2. The number of anilines is 2. The molecule has 0 saturated heterocycles. The van der Waals surface area contributed by atoms with Crippen molar-refractivity contribution in [2.45, 2.75) is 6.92 Å². The van der Waals surface area contributed by atoms with Crippen molar-refractivity contribution >= 4 is 23.0 Å². The van der Waals surface area contributed by atoms with Gasteiger partial charge in [0, 0.05) is 23.5 Å². The van der Waals surface area contributed by atoms with Crippen molar-refractivity contribution in [1.82, 2.24) is 10.2 Å². The number of nitrogens with one attached hydrogen (secondary N) is 3. The number of hydrogen-bond acceptors (Lipinski definition) is 3. The number of aromatic amines is 1. The molecule has 3 N–H and O–H groups in total. The Balaban J connectivity index is 1.61. The number of fused-ring (bicyclic) bond motifs is 1. The molecule has 0 fully saturated rings. The lowest BCUT2D eigenvalue weighted by Gasteiger charge is -2.03. The fraction of sp³-hybridized carbons (Fsp3) is 0.0526. The van der Waals surface area contributed by atoms with Gasteiger partial charge in [0.15, 0.2) is 5.82 Å². The van der Waals surface area contributed by atoms with Crippen LogP contribution in [0.2, 0.25) is 0 Å². The third-order valence-electron chi connectivity index (χ3n) is 4.06. The summed E-state index contributed by atoms with van der Waals surface area (Å²) < 4.78 is 0. The van der Waals surface area contributed by atoms with E-state index in [1.807, 2.05) is 61.5 Å². The van der Waals surface area contributed by atoms with Gasteiger partial charge in [-0.1, -0.05) is 42.5 Å². The maximum absolute atomic E-state index is 12.2. The summed E-state index contributed by atoms with van der Waals surface area (Å²) in [4.78, 5) is 12.2. The van der Waals surface area contributed by atoms with Crippen LogP contribution in [0.15, 0.2) is 60.8 Å². The molecule has 24 heavy (non-hydrogen) atoms. The number of carbonyl (C=O) groups excluding carboxylic acids is 1. The van der Waals surface area contributed by atoms with Crippen LogP contribution in [0, 0.1) is 6.92 Å². The Morgan fingerprint density at radius 3 is 2.75 bits per heavy atom. The molecule has 0 unspecified atom stereocenters. The van der Waals surface area contributed by atoms with E-state index < -0.39 is 0 Å². The van der Waals surface area contributed by atoms with Gasteiger partial charge in [0.2, 0.25) is 0 Å². The Morgan fingerprint density at radius 2 is 1.92 bits per heavy atom. The summed E-state index contributed by atoms with van der Waals surface area (Å²) in [5.41, 5.74) is 5.45. The molecule has 4 rings (SSSR count). The minimum atomic E-state index is -0.106. The highest BCUT2D eigenvalue weighted by Gasteiger charge is 2.25. The summed E-state index contributed by atoms with van der Waals surface area (Å²) in [5, 5.41) is 13.2. The maximum atomic E-state index is 12.2. The predicted molar refractivity (Wildman–Crippen MR) is 95.4 cm³/mol. The molecular weight excluding hydrogens is 300 g/mol. The van der Waals surface area contributed by atoms with Crippen molar-refractivity contribution in [1.29, 1.82) is 0 Å². The van der Waals surface area contributed by atoms with Gasteiger partial charge in [-0.15, -0.1) is 0 Å². The van der Waals surface area contributed by atoms with Crippen molar-refractivity contribution in [3.8, 4) is 11.3 Å². The number of aromatic nitrogens is 2. The molecule has 1 aliphatic heterocycles. The molecule has 0 spiro atoms. The van der Waals surface area contributed by atoms with E-state index in [1.165, 1.54) is 0 Å². The average Bonchev–Trinajstić information content (AvgIpc) is 3.19. The number of aryl methyl sites for hydroxylation is 1. The van der Waals surface area contributed by atoms with Gasteiger partial charge in [0.1, 0.15) is 0 Å². The standard InChI is InChI=1S/C19H16N4O/c1-12-6-5-9-15-18(12)14(19(24)21-15)11-20-17-10-16(22-23-17)13-7-3-2-4-8-13/h2-11H,1H3,(H,21,24)(H2,20,22,23)/b14-11+. The number of H-pyrrole nitrogens is 1. The van der Waals surface area contributed by atoms with E-state index in [2.05, 4.69) is 20.8 Å². The summed E-state index contributed by atoms with van der Waals surface area (Å²) >= 11 is 0. The van der Waals surface area contributed by atoms with E-state index in [0.717, 1.165) is 28.1 Å². The number of hydrogen-bond donors (Lipinski definition) is 3. The first-order valence-corrected chi connectivity index (χ1v) is 7.71. The van der Waals surface area contributed by atoms with E-state index in [0.29, 0.717) is 11.4 Å². The van der Waals surface area contributed by atoms with Crippen molar-refractivity contribution in [3.63, 3.8) is 0 Å². The maximum Gasteiger partial charge on any atom is 0.257 e. The van der Waals surface area contributed by atoms with E-state index in [4.69, 9.17) is 0 Å². The molecule has 2 aromatic carbocycles. The zero-order valence-corrected chi connectivity index (χ0v) is 13.1. The van der Waals surface area contributed by atoms with Crippen LogP contribution in [0.4, 0.5) is 11.5 Å². The molecule has 118 valence electrons. The molecule has 3 aromatic rings. The van der Waals surface area contributed by atoms with Gasteiger partial charge in [0.05, 0.1) is 11.3 Å². The van der Waals surface area contributed by atoms with E-state index >= 15 is 0 Å². The SMILES string of the molecule is Cc1cccc2c1/C(=C\Nc1cc(-c3ccccc3)[nH]n1)C(=O)N2. The molecule has 1 aromatic heterocycles. The minimum absolute atomic E-state index is 0.106. The van der Waals surface area contributed by atoms with Crippen molar-refractivity contribution in [2.75, 3.05) is 10.6 Å². The largest absolute Gasteiger partial charge is 0.344 e. The van der Waals surface area contributed by atoms with Crippen LogP contribution < -0.4 is 10.6 Å². The molecule has 0 aliphatic carbocycles. The minimum Gasteiger partial charge on any atom is -0.344 e. The lowest BCUT2D eigenvalue weighted by Crippen LogP contribution is -2.05. The first-order chi connectivity index (χ1) is 11.7. The highest BCUT2D eigenvalue weighted by Crippen LogP contribution is 2.34. The van der Waals surface area contributed by atoms with Gasteiger partial charge in [-0.2, -0.15) is 5.10 Å². The third kappa shape index (κ3) is 2.46.